The second-order valence-corrected chi connectivity index (χ2v) is 6.35. The first-order valence-corrected chi connectivity index (χ1v) is 8.20. The Balaban J connectivity index is 1.64. The van der Waals surface area contributed by atoms with Crippen molar-refractivity contribution in [2.45, 2.75) is 19.8 Å². The van der Waals surface area contributed by atoms with E-state index in [-0.39, 0.29) is 17.7 Å². The van der Waals surface area contributed by atoms with E-state index in [1.807, 2.05) is 0 Å². The standard InChI is InChI=1S/C17H18ClN3O3/c1-11-9-15(20-24-11)19-16(22)13-3-2-8-21(10-13)17(23)12-4-6-14(18)7-5-12/h4-7,9,13H,2-3,8,10H2,1H3,(H,19,20,22)/t13-/m0/s1. The lowest BCUT2D eigenvalue weighted by atomic mass is 9.96. The van der Waals surface area contributed by atoms with Crippen LogP contribution in [0.4, 0.5) is 5.82 Å². The van der Waals surface area contributed by atoms with Gasteiger partial charge in [0.2, 0.25) is 5.91 Å². The van der Waals surface area contributed by atoms with Crippen LogP contribution in [-0.2, 0) is 4.79 Å². The molecule has 1 aliphatic heterocycles. The fraction of sp³-hybridized carbons (Fsp3) is 0.353. The van der Waals surface area contributed by atoms with Gasteiger partial charge in [-0.15, -0.1) is 0 Å². The topological polar surface area (TPSA) is 75.4 Å². The molecule has 126 valence electrons. The van der Waals surface area contributed by atoms with E-state index in [1.54, 1.807) is 42.2 Å². The van der Waals surface area contributed by atoms with Gasteiger partial charge in [0, 0.05) is 29.7 Å². The predicted octanol–water partition coefficient (Wildman–Crippen LogP) is 3.13. The van der Waals surface area contributed by atoms with E-state index in [1.165, 1.54) is 0 Å². The number of benzene rings is 1. The van der Waals surface area contributed by atoms with Gasteiger partial charge in [-0.25, -0.2) is 0 Å². The summed E-state index contributed by atoms with van der Waals surface area (Å²) in [6.07, 6.45) is 1.53. The van der Waals surface area contributed by atoms with Gasteiger partial charge >= 0.3 is 0 Å². The number of likely N-dealkylation sites (tertiary alicyclic amines) is 1. The molecule has 2 heterocycles. The molecule has 3 rings (SSSR count). The molecule has 24 heavy (non-hydrogen) atoms. The van der Waals surface area contributed by atoms with E-state index in [9.17, 15) is 9.59 Å². The van der Waals surface area contributed by atoms with Gasteiger partial charge in [0.25, 0.3) is 5.91 Å². The number of piperidine rings is 1. The van der Waals surface area contributed by atoms with Crippen LogP contribution < -0.4 is 5.32 Å². The Bertz CT molecular complexity index is 742. The van der Waals surface area contributed by atoms with Gasteiger partial charge < -0.3 is 14.7 Å². The van der Waals surface area contributed by atoms with Gasteiger partial charge in [0.1, 0.15) is 5.76 Å². The van der Waals surface area contributed by atoms with Gasteiger partial charge in [0.15, 0.2) is 5.82 Å². The van der Waals surface area contributed by atoms with Crippen LogP contribution in [0.1, 0.15) is 29.0 Å². The zero-order valence-electron chi connectivity index (χ0n) is 13.3. The molecule has 0 saturated carbocycles. The molecule has 2 amide bonds. The van der Waals surface area contributed by atoms with Crippen LogP contribution in [0.3, 0.4) is 0 Å². The number of aromatic nitrogens is 1. The molecular weight excluding hydrogens is 330 g/mol. The number of nitrogens with one attached hydrogen (secondary N) is 1. The number of nitrogens with zero attached hydrogens (tertiary/aromatic N) is 2. The highest BCUT2D eigenvalue weighted by molar-refractivity contribution is 6.30. The third-order valence-corrected chi connectivity index (χ3v) is 4.30. The molecule has 1 aromatic heterocycles. The minimum absolute atomic E-state index is 0.0820. The number of aryl methyl sites for hydroxylation is 1. The van der Waals surface area contributed by atoms with E-state index in [2.05, 4.69) is 10.5 Å². The minimum atomic E-state index is -0.257. The van der Waals surface area contributed by atoms with Crippen LogP contribution >= 0.6 is 11.6 Å². The number of hydrogen-bond acceptors (Lipinski definition) is 4. The van der Waals surface area contributed by atoms with E-state index < -0.39 is 0 Å². The van der Waals surface area contributed by atoms with Gasteiger partial charge in [-0.3, -0.25) is 9.59 Å². The van der Waals surface area contributed by atoms with E-state index in [0.717, 1.165) is 12.8 Å². The summed E-state index contributed by atoms with van der Waals surface area (Å²) in [5.74, 6) is 0.553. The van der Waals surface area contributed by atoms with Gasteiger partial charge in [-0.1, -0.05) is 16.8 Å². The third kappa shape index (κ3) is 3.76. The monoisotopic (exact) mass is 347 g/mol. The van der Waals surface area contributed by atoms with Gasteiger partial charge in [-0.05, 0) is 44.0 Å². The summed E-state index contributed by atoms with van der Waals surface area (Å²) >= 11 is 5.85. The smallest absolute Gasteiger partial charge is 0.253 e. The van der Waals surface area contributed by atoms with Crippen molar-refractivity contribution >= 4 is 29.2 Å². The number of carbonyl (C=O) groups excluding carboxylic acids is 2. The Morgan fingerprint density at radius 1 is 1.33 bits per heavy atom. The average molecular weight is 348 g/mol. The summed E-state index contributed by atoms with van der Waals surface area (Å²) < 4.78 is 4.94. The number of amides is 2. The molecule has 1 fully saturated rings. The second-order valence-electron chi connectivity index (χ2n) is 5.91. The molecule has 0 radical (unpaired) electrons. The lowest BCUT2D eigenvalue weighted by Gasteiger charge is -2.32. The van der Waals surface area contributed by atoms with Gasteiger partial charge in [0.05, 0.1) is 5.92 Å². The molecular formula is C17H18ClN3O3. The van der Waals surface area contributed by atoms with Crippen LogP contribution in [0, 0.1) is 12.8 Å². The van der Waals surface area contributed by atoms with Crippen LogP contribution in [0.25, 0.3) is 0 Å². The van der Waals surface area contributed by atoms with Crippen molar-refractivity contribution in [2.75, 3.05) is 18.4 Å². The lowest BCUT2D eigenvalue weighted by molar-refractivity contribution is -0.121. The largest absolute Gasteiger partial charge is 0.360 e. The molecule has 1 N–H and O–H groups in total. The lowest BCUT2D eigenvalue weighted by Crippen LogP contribution is -2.43. The highest BCUT2D eigenvalue weighted by atomic mass is 35.5. The maximum atomic E-state index is 12.6. The number of carbonyl (C=O) groups is 2. The molecule has 2 aromatic rings. The Labute approximate surface area is 144 Å². The Morgan fingerprint density at radius 2 is 2.08 bits per heavy atom. The van der Waals surface area contributed by atoms with Crippen molar-refractivity contribution in [3.8, 4) is 0 Å². The summed E-state index contributed by atoms with van der Waals surface area (Å²) in [4.78, 5) is 26.7. The normalized spacial score (nSPS) is 17.6. The highest BCUT2D eigenvalue weighted by Gasteiger charge is 2.29. The molecule has 0 spiro atoms. The summed E-state index contributed by atoms with van der Waals surface area (Å²) in [6, 6.07) is 8.45. The first kappa shape index (κ1) is 16.5. The molecule has 1 aliphatic rings. The number of hydrogen-bond donors (Lipinski definition) is 1. The fourth-order valence-electron chi connectivity index (χ4n) is 2.80. The zero-order chi connectivity index (χ0) is 17.1. The quantitative estimate of drug-likeness (QED) is 0.925. The molecule has 1 atom stereocenters. The van der Waals surface area contributed by atoms with Crippen molar-refractivity contribution in [3.05, 3.63) is 46.7 Å². The highest BCUT2D eigenvalue weighted by Crippen LogP contribution is 2.21. The molecule has 7 heteroatoms. The Hall–Kier alpha value is -2.34. The van der Waals surface area contributed by atoms with Crippen molar-refractivity contribution in [1.82, 2.24) is 10.1 Å². The van der Waals surface area contributed by atoms with Crippen LogP contribution in [0.15, 0.2) is 34.9 Å². The predicted molar refractivity (Wildman–Crippen MR) is 89.9 cm³/mol. The molecule has 6 nitrogen and oxygen atoms in total. The van der Waals surface area contributed by atoms with Crippen LogP contribution in [0.5, 0.6) is 0 Å². The summed E-state index contributed by atoms with van der Waals surface area (Å²) in [5, 5.41) is 7.09. The minimum Gasteiger partial charge on any atom is -0.360 e. The summed E-state index contributed by atoms with van der Waals surface area (Å²) in [5.41, 5.74) is 0.576. The molecule has 0 aliphatic carbocycles. The summed E-state index contributed by atoms with van der Waals surface area (Å²) in [6.45, 7) is 2.80. The van der Waals surface area contributed by atoms with E-state index in [0.29, 0.717) is 35.3 Å². The molecule has 1 aromatic carbocycles. The van der Waals surface area contributed by atoms with E-state index in [4.69, 9.17) is 16.1 Å². The third-order valence-electron chi connectivity index (χ3n) is 4.05. The van der Waals surface area contributed by atoms with Crippen molar-refractivity contribution < 1.29 is 14.1 Å². The maximum absolute atomic E-state index is 12.6. The average Bonchev–Trinajstić information content (AvgIpc) is 3.00. The summed E-state index contributed by atoms with van der Waals surface area (Å²) in [7, 11) is 0. The second kappa shape index (κ2) is 7.05. The number of halogens is 1. The Morgan fingerprint density at radius 3 is 2.75 bits per heavy atom. The van der Waals surface area contributed by atoms with Crippen molar-refractivity contribution in [1.29, 1.82) is 0 Å². The maximum Gasteiger partial charge on any atom is 0.253 e. The molecule has 0 bridgehead atoms. The first-order valence-electron chi connectivity index (χ1n) is 7.82. The number of rotatable bonds is 3. The number of anilines is 1. The van der Waals surface area contributed by atoms with E-state index >= 15 is 0 Å². The van der Waals surface area contributed by atoms with Crippen LogP contribution in [0.2, 0.25) is 5.02 Å². The van der Waals surface area contributed by atoms with Gasteiger partial charge in [-0.2, -0.15) is 0 Å². The Kier molecular flexibility index (Phi) is 4.85. The SMILES string of the molecule is Cc1cc(NC(=O)[C@H]2CCCN(C(=O)c3ccc(Cl)cc3)C2)no1. The van der Waals surface area contributed by atoms with Crippen molar-refractivity contribution in [2.24, 2.45) is 5.92 Å². The van der Waals surface area contributed by atoms with Crippen molar-refractivity contribution in [3.63, 3.8) is 0 Å². The molecule has 0 unspecified atom stereocenters. The fourth-order valence-corrected chi connectivity index (χ4v) is 2.93. The zero-order valence-corrected chi connectivity index (χ0v) is 14.0. The first-order chi connectivity index (χ1) is 11.5. The van der Waals surface area contributed by atoms with Crippen LogP contribution in [-0.4, -0.2) is 35.0 Å². The molecule has 1 saturated heterocycles.